The number of aromatic nitrogens is 2. The minimum absolute atomic E-state index is 0.0842. The van der Waals surface area contributed by atoms with Crippen molar-refractivity contribution in [3.05, 3.63) is 41.0 Å². The predicted octanol–water partition coefficient (Wildman–Crippen LogP) is 2.05. The molecular weight excluding hydrogens is 360 g/mol. The SMILES string of the molecule is Cc1noc(C)c1CN1CC2(CCN(C(=O)c3ncccc3O)CC2)CC1=O. The number of amides is 2. The van der Waals surface area contributed by atoms with Gasteiger partial charge in [0.1, 0.15) is 11.5 Å². The lowest BCUT2D eigenvalue weighted by Crippen LogP contribution is -2.44. The quantitative estimate of drug-likeness (QED) is 0.869. The summed E-state index contributed by atoms with van der Waals surface area (Å²) in [6.45, 7) is 6.07. The molecule has 1 N–H and O–H groups in total. The van der Waals surface area contributed by atoms with Gasteiger partial charge < -0.3 is 19.4 Å². The molecule has 0 unspecified atom stereocenters. The number of nitrogens with zero attached hydrogens (tertiary/aromatic N) is 4. The Morgan fingerprint density at radius 2 is 2.07 bits per heavy atom. The maximum atomic E-state index is 12.6. The largest absolute Gasteiger partial charge is 0.505 e. The summed E-state index contributed by atoms with van der Waals surface area (Å²) in [5, 5.41) is 13.8. The second kappa shape index (κ2) is 6.92. The molecular formula is C20H24N4O4. The first-order valence-corrected chi connectivity index (χ1v) is 9.51. The summed E-state index contributed by atoms with van der Waals surface area (Å²) >= 11 is 0. The van der Waals surface area contributed by atoms with Crippen LogP contribution in [-0.4, -0.2) is 56.5 Å². The van der Waals surface area contributed by atoms with Gasteiger partial charge in [0, 0.05) is 43.2 Å². The molecule has 2 aliphatic rings. The minimum Gasteiger partial charge on any atom is -0.505 e. The maximum Gasteiger partial charge on any atom is 0.276 e. The van der Waals surface area contributed by atoms with E-state index >= 15 is 0 Å². The average Bonchev–Trinajstić information content (AvgIpc) is 3.16. The molecule has 2 amide bonds. The molecule has 8 heteroatoms. The van der Waals surface area contributed by atoms with Crippen LogP contribution in [-0.2, 0) is 11.3 Å². The molecule has 2 aromatic heterocycles. The van der Waals surface area contributed by atoms with E-state index in [1.807, 2.05) is 18.7 Å². The van der Waals surface area contributed by atoms with Crippen LogP contribution < -0.4 is 0 Å². The fraction of sp³-hybridized carbons (Fsp3) is 0.500. The lowest BCUT2D eigenvalue weighted by molar-refractivity contribution is -0.128. The highest BCUT2D eigenvalue weighted by atomic mass is 16.5. The molecule has 0 radical (unpaired) electrons. The van der Waals surface area contributed by atoms with Crippen molar-refractivity contribution >= 4 is 11.8 Å². The van der Waals surface area contributed by atoms with Crippen LogP contribution in [0.2, 0.25) is 0 Å². The average molecular weight is 384 g/mol. The molecule has 28 heavy (non-hydrogen) atoms. The number of hydrogen-bond acceptors (Lipinski definition) is 6. The summed E-state index contributed by atoms with van der Waals surface area (Å²) in [5.41, 5.74) is 1.78. The van der Waals surface area contributed by atoms with Gasteiger partial charge in [0.2, 0.25) is 5.91 Å². The van der Waals surface area contributed by atoms with Crippen LogP contribution in [0, 0.1) is 19.3 Å². The Bertz CT molecular complexity index is 895. The zero-order valence-electron chi connectivity index (χ0n) is 16.1. The highest BCUT2D eigenvalue weighted by Crippen LogP contribution is 2.42. The predicted molar refractivity (Wildman–Crippen MR) is 99.5 cm³/mol. The van der Waals surface area contributed by atoms with Gasteiger partial charge in [-0.15, -0.1) is 0 Å². The van der Waals surface area contributed by atoms with Crippen molar-refractivity contribution in [1.82, 2.24) is 19.9 Å². The van der Waals surface area contributed by atoms with Gasteiger partial charge in [0.05, 0.1) is 12.2 Å². The lowest BCUT2D eigenvalue weighted by Gasteiger charge is -2.38. The van der Waals surface area contributed by atoms with E-state index in [0.29, 0.717) is 32.6 Å². The summed E-state index contributed by atoms with van der Waals surface area (Å²) in [5.74, 6) is 0.531. The number of rotatable bonds is 3. The first kappa shape index (κ1) is 18.5. The van der Waals surface area contributed by atoms with Crippen LogP contribution >= 0.6 is 0 Å². The van der Waals surface area contributed by atoms with Crippen LogP contribution in [0.4, 0.5) is 0 Å². The number of likely N-dealkylation sites (tertiary alicyclic amines) is 2. The van der Waals surface area contributed by atoms with Crippen molar-refractivity contribution in [3.8, 4) is 5.75 Å². The Hall–Kier alpha value is -2.90. The lowest BCUT2D eigenvalue weighted by atomic mass is 9.77. The van der Waals surface area contributed by atoms with Crippen molar-refractivity contribution in [3.63, 3.8) is 0 Å². The Morgan fingerprint density at radius 3 is 2.71 bits per heavy atom. The van der Waals surface area contributed by atoms with Crippen LogP contribution in [0.15, 0.2) is 22.9 Å². The fourth-order valence-corrected chi connectivity index (χ4v) is 4.27. The van der Waals surface area contributed by atoms with Gasteiger partial charge in [0.25, 0.3) is 5.91 Å². The molecule has 0 aromatic carbocycles. The van der Waals surface area contributed by atoms with Crippen molar-refractivity contribution in [2.24, 2.45) is 5.41 Å². The standard InChI is InChI=1S/C20H24N4O4/c1-13-15(14(2)28-22-13)11-24-12-20(10-17(24)26)5-8-23(9-6-20)19(27)18-16(25)4-3-7-21-18/h3-4,7,25H,5-6,8-12H2,1-2H3. The number of pyridine rings is 1. The first-order valence-electron chi connectivity index (χ1n) is 9.51. The van der Waals surface area contributed by atoms with E-state index in [4.69, 9.17) is 4.52 Å². The monoisotopic (exact) mass is 384 g/mol. The summed E-state index contributed by atoms with van der Waals surface area (Å²) in [6.07, 6.45) is 3.53. The molecule has 0 aliphatic carbocycles. The number of aryl methyl sites for hydroxylation is 2. The molecule has 2 aliphatic heterocycles. The molecule has 0 bridgehead atoms. The van der Waals surface area contributed by atoms with Crippen molar-refractivity contribution < 1.29 is 19.2 Å². The van der Waals surface area contributed by atoms with E-state index in [1.54, 1.807) is 11.0 Å². The molecule has 4 heterocycles. The number of carbonyl (C=O) groups is 2. The number of carbonyl (C=O) groups excluding carboxylic acids is 2. The van der Waals surface area contributed by atoms with Crippen molar-refractivity contribution in [2.75, 3.05) is 19.6 Å². The molecule has 2 aromatic rings. The zero-order valence-corrected chi connectivity index (χ0v) is 16.1. The number of aromatic hydroxyl groups is 1. The third kappa shape index (κ3) is 3.23. The van der Waals surface area contributed by atoms with E-state index in [-0.39, 0.29) is 28.7 Å². The van der Waals surface area contributed by atoms with Crippen LogP contribution in [0.1, 0.15) is 46.8 Å². The van der Waals surface area contributed by atoms with Crippen molar-refractivity contribution in [1.29, 1.82) is 0 Å². The zero-order chi connectivity index (χ0) is 19.9. The Kier molecular flexibility index (Phi) is 4.56. The molecule has 2 saturated heterocycles. The third-order valence-corrected chi connectivity index (χ3v) is 6.04. The van der Waals surface area contributed by atoms with Crippen LogP contribution in [0.5, 0.6) is 5.75 Å². The minimum atomic E-state index is -0.259. The Morgan fingerprint density at radius 1 is 1.32 bits per heavy atom. The van der Waals surface area contributed by atoms with Crippen LogP contribution in [0.3, 0.4) is 0 Å². The summed E-state index contributed by atoms with van der Waals surface area (Å²) in [6, 6.07) is 3.06. The van der Waals surface area contributed by atoms with Gasteiger partial charge in [-0.2, -0.15) is 0 Å². The molecule has 0 atom stereocenters. The van der Waals surface area contributed by atoms with Gasteiger partial charge in [-0.3, -0.25) is 9.59 Å². The second-order valence-corrected chi connectivity index (χ2v) is 7.89. The maximum absolute atomic E-state index is 12.6. The molecule has 4 rings (SSSR count). The van der Waals surface area contributed by atoms with E-state index in [1.165, 1.54) is 12.3 Å². The van der Waals surface area contributed by atoms with E-state index < -0.39 is 0 Å². The highest BCUT2D eigenvalue weighted by molar-refractivity contribution is 5.94. The van der Waals surface area contributed by atoms with Crippen molar-refractivity contribution in [2.45, 2.75) is 39.7 Å². The smallest absolute Gasteiger partial charge is 0.276 e. The van der Waals surface area contributed by atoms with Gasteiger partial charge in [0.15, 0.2) is 5.69 Å². The molecule has 148 valence electrons. The van der Waals surface area contributed by atoms with E-state index in [2.05, 4.69) is 10.1 Å². The fourth-order valence-electron chi connectivity index (χ4n) is 4.27. The second-order valence-electron chi connectivity index (χ2n) is 7.89. The molecule has 1 spiro atoms. The van der Waals surface area contributed by atoms with Gasteiger partial charge in [-0.25, -0.2) is 4.98 Å². The Balaban J connectivity index is 1.41. The molecule has 0 saturated carbocycles. The van der Waals surface area contributed by atoms with Gasteiger partial charge in [-0.1, -0.05) is 5.16 Å². The molecule has 2 fully saturated rings. The summed E-state index contributed by atoms with van der Waals surface area (Å²) in [7, 11) is 0. The number of hydrogen-bond donors (Lipinski definition) is 1. The first-order chi connectivity index (χ1) is 13.4. The summed E-state index contributed by atoms with van der Waals surface area (Å²) < 4.78 is 5.21. The van der Waals surface area contributed by atoms with Gasteiger partial charge >= 0.3 is 0 Å². The van der Waals surface area contributed by atoms with Gasteiger partial charge in [-0.05, 0) is 38.8 Å². The normalized spacial score (nSPS) is 18.9. The topological polar surface area (TPSA) is 99.8 Å². The summed E-state index contributed by atoms with van der Waals surface area (Å²) in [4.78, 5) is 32.9. The van der Waals surface area contributed by atoms with Crippen LogP contribution in [0.25, 0.3) is 0 Å². The highest BCUT2D eigenvalue weighted by Gasteiger charge is 2.45. The Labute approximate surface area is 163 Å². The van der Waals surface area contributed by atoms with E-state index in [0.717, 1.165) is 29.9 Å². The number of piperidine rings is 1. The third-order valence-electron chi connectivity index (χ3n) is 6.04. The molecule has 8 nitrogen and oxygen atoms in total. The van der Waals surface area contributed by atoms with E-state index in [9.17, 15) is 14.7 Å².